The SMILES string of the molecule is COc1ccc(-n2nc(C(=O)N/N=C/c3ccccc3)c3ccc(C#N)c(N)c3c2=O)cc1. The number of carbonyl (C=O) groups excluding carboxylic acids is 1. The summed E-state index contributed by atoms with van der Waals surface area (Å²) in [4.78, 5) is 26.2. The molecule has 1 aromatic heterocycles. The van der Waals surface area contributed by atoms with E-state index in [1.807, 2.05) is 36.4 Å². The molecular formula is C24H18N6O3. The van der Waals surface area contributed by atoms with Crippen LogP contribution in [0.4, 0.5) is 5.69 Å². The van der Waals surface area contributed by atoms with E-state index in [0.29, 0.717) is 11.4 Å². The van der Waals surface area contributed by atoms with Crippen molar-refractivity contribution in [3.63, 3.8) is 0 Å². The maximum absolute atomic E-state index is 13.3. The number of hydrogen-bond donors (Lipinski definition) is 2. The van der Waals surface area contributed by atoms with E-state index in [2.05, 4.69) is 15.6 Å². The Morgan fingerprint density at radius 3 is 2.55 bits per heavy atom. The van der Waals surface area contributed by atoms with E-state index in [4.69, 9.17) is 10.5 Å². The van der Waals surface area contributed by atoms with Gasteiger partial charge in [0.15, 0.2) is 5.69 Å². The minimum absolute atomic E-state index is 0.0218. The first kappa shape index (κ1) is 21.3. The molecule has 9 nitrogen and oxygen atoms in total. The van der Waals surface area contributed by atoms with E-state index >= 15 is 0 Å². The number of hydrazone groups is 1. The summed E-state index contributed by atoms with van der Waals surface area (Å²) >= 11 is 0. The van der Waals surface area contributed by atoms with Crippen molar-refractivity contribution in [1.82, 2.24) is 15.2 Å². The van der Waals surface area contributed by atoms with Crippen molar-refractivity contribution in [1.29, 1.82) is 5.26 Å². The van der Waals surface area contributed by atoms with Gasteiger partial charge in [0.05, 0.1) is 35.6 Å². The first-order valence-corrected chi connectivity index (χ1v) is 9.82. The number of aromatic nitrogens is 2. The molecule has 0 aliphatic carbocycles. The molecule has 0 aliphatic heterocycles. The van der Waals surface area contributed by atoms with Gasteiger partial charge in [0.2, 0.25) is 0 Å². The number of nitrogens with one attached hydrogen (secondary N) is 1. The summed E-state index contributed by atoms with van der Waals surface area (Å²) < 4.78 is 6.22. The average Bonchev–Trinajstić information content (AvgIpc) is 2.85. The van der Waals surface area contributed by atoms with Crippen LogP contribution in [-0.2, 0) is 0 Å². The quantitative estimate of drug-likeness (QED) is 0.279. The Kier molecular flexibility index (Phi) is 5.82. The predicted molar refractivity (Wildman–Crippen MR) is 125 cm³/mol. The highest BCUT2D eigenvalue weighted by molar-refractivity contribution is 6.08. The first-order valence-electron chi connectivity index (χ1n) is 9.82. The van der Waals surface area contributed by atoms with Crippen LogP contribution in [0.15, 0.2) is 76.6 Å². The third-order valence-corrected chi connectivity index (χ3v) is 4.94. The van der Waals surface area contributed by atoms with Gasteiger partial charge in [-0.15, -0.1) is 0 Å². The van der Waals surface area contributed by atoms with Crippen molar-refractivity contribution in [3.05, 3.63) is 93.9 Å². The number of nitriles is 1. The smallest absolute Gasteiger partial charge is 0.292 e. The molecule has 0 aliphatic rings. The number of nitrogens with zero attached hydrogens (tertiary/aromatic N) is 4. The fraction of sp³-hybridized carbons (Fsp3) is 0.0417. The maximum Gasteiger partial charge on any atom is 0.292 e. The van der Waals surface area contributed by atoms with Gasteiger partial charge < -0.3 is 10.5 Å². The van der Waals surface area contributed by atoms with Crippen LogP contribution in [0.5, 0.6) is 5.75 Å². The normalized spacial score (nSPS) is 10.8. The lowest BCUT2D eigenvalue weighted by Gasteiger charge is -2.12. The molecule has 0 saturated heterocycles. The minimum atomic E-state index is -0.640. The Hall–Kier alpha value is -4.97. The number of nitrogens with two attached hydrogens (primary N) is 1. The van der Waals surface area contributed by atoms with E-state index in [9.17, 15) is 14.9 Å². The lowest BCUT2D eigenvalue weighted by molar-refractivity contribution is 0.0950. The van der Waals surface area contributed by atoms with Gasteiger partial charge in [0.25, 0.3) is 11.5 Å². The van der Waals surface area contributed by atoms with Crippen LogP contribution in [0.1, 0.15) is 21.6 Å². The summed E-state index contributed by atoms with van der Waals surface area (Å²) in [7, 11) is 1.53. The molecule has 0 atom stereocenters. The number of methoxy groups -OCH3 is 1. The van der Waals surface area contributed by atoms with Gasteiger partial charge in [-0.25, -0.2) is 5.43 Å². The second-order valence-electron chi connectivity index (χ2n) is 6.93. The molecule has 0 radical (unpaired) electrons. The Morgan fingerprint density at radius 2 is 1.88 bits per heavy atom. The van der Waals surface area contributed by atoms with Gasteiger partial charge >= 0.3 is 0 Å². The highest BCUT2D eigenvalue weighted by Crippen LogP contribution is 2.24. The maximum atomic E-state index is 13.3. The van der Waals surface area contributed by atoms with Crippen molar-refractivity contribution >= 4 is 28.6 Å². The van der Waals surface area contributed by atoms with Crippen LogP contribution in [0.3, 0.4) is 0 Å². The molecule has 0 spiro atoms. The zero-order valence-corrected chi connectivity index (χ0v) is 17.5. The number of amides is 1. The molecule has 0 unspecified atom stereocenters. The van der Waals surface area contributed by atoms with Gasteiger partial charge in [-0.3, -0.25) is 9.59 Å². The number of rotatable bonds is 5. The Morgan fingerprint density at radius 1 is 1.15 bits per heavy atom. The van der Waals surface area contributed by atoms with Gasteiger partial charge in [0, 0.05) is 5.39 Å². The standard InChI is InChI=1S/C24H18N6O3/c1-33-18-10-8-17(9-11-18)30-24(32)20-19(12-7-16(13-25)21(20)26)22(29-30)23(31)28-27-14-15-5-3-2-4-6-15/h2-12,14H,26H2,1H3,(H,28,31)/b27-14+. The van der Waals surface area contributed by atoms with E-state index in [-0.39, 0.29) is 27.7 Å². The molecule has 9 heteroatoms. The highest BCUT2D eigenvalue weighted by Gasteiger charge is 2.20. The zero-order chi connectivity index (χ0) is 23.4. The molecule has 4 aromatic rings. The largest absolute Gasteiger partial charge is 0.497 e. The minimum Gasteiger partial charge on any atom is -0.497 e. The number of benzene rings is 3. The Labute approximate surface area is 188 Å². The first-order chi connectivity index (χ1) is 16.0. The Balaban J connectivity index is 1.85. The van der Waals surface area contributed by atoms with Crippen molar-refractivity contribution in [2.45, 2.75) is 0 Å². The number of ether oxygens (including phenoxy) is 1. The van der Waals surface area contributed by atoms with Gasteiger partial charge in [0.1, 0.15) is 11.8 Å². The summed E-state index contributed by atoms with van der Waals surface area (Å²) in [6, 6.07) is 20.7. The fourth-order valence-electron chi connectivity index (χ4n) is 3.27. The molecule has 0 bridgehead atoms. The third-order valence-electron chi connectivity index (χ3n) is 4.94. The summed E-state index contributed by atoms with van der Waals surface area (Å²) in [5.41, 5.74) is 9.22. The van der Waals surface area contributed by atoms with Gasteiger partial charge in [-0.2, -0.15) is 20.1 Å². The molecule has 0 fully saturated rings. The van der Waals surface area contributed by atoms with E-state index in [0.717, 1.165) is 10.2 Å². The molecule has 1 amide bonds. The molecule has 0 saturated carbocycles. The second-order valence-corrected chi connectivity index (χ2v) is 6.93. The third kappa shape index (κ3) is 4.13. The van der Waals surface area contributed by atoms with Crippen LogP contribution < -0.4 is 21.5 Å². The molecule has 33 heavy (non-hydrogen) atoms. The van der Waals surface area contributed by atoms with Crippen LogP contribution in [0.2, 0.25) is 0 Å². The number of nitrogen functional groups attached to an aromatic ring is 1. The molecule has 1 heterocycles. The van der Waals surface area contributed by atoms with E-state index in [1.165, 1.54) is 25.5 Å². The lowest BCUT2D eigenvalue weighted by atomic mass is 10.0. The van der Waals surface area contributed by atoms with Crippen LogP contribution in [0.25, 0.3) is 16.5 Å². The average molecular weight is 438 g/mol. The van der Waals surface area contributed by atoms with E-state index < -0.39 is 11.5 Å². The summed E-state index contributed by atoms with van der Waals surface area (Å²) in [6.07, 6.45) is 1.49. The summed E-state index contributed by atoms with van der Waals surface area (Å²) in [5.74, 6) is -0.0503. The molecular weight excluding hydrogens is 420 g/mol. The van der Waals surface area contributed by atoms with E-state index in [1.54, 1.807) is 24.3 Å². The molecule has 4 rings (SSSR count). The highest BCUT2D eigenvalue weighted by atomic mass is 16.5. The number of anilines is 1. The predicted octanol–water partition coefficient (Wildman–Crippen LogP) is 2.61. The van der Waals surface area contributed by atoms with Crippen LogP contribution in [-0.4, -0.2) is 29.0 Å². The van der Waals surface area contributed by atoms with Crippen molar-refractivity contribution < 1.29 is 9.53 Å². The van der Waals surface area contributed by atoms with Crippen molar-refractivity contribution in [2.75, 3.05) is 12.8 Å². The second kappa shape index (κ2) is 9.03. The summed E-state index contributed by atoms with van der Waals surface area (Å²) in [6.45, 7) is 0. The molecule has 3 N–H and O–H groups in total. The number of hydrogen-bond acceptors (Lipinski definition) is 7. The van der Waals surface area contributed by atoms with Crippen LogP contribution in [0, 0.1) is 11.3 Å². The Bertz CT molecular complexity index is 1470. The molecule has 3 aromatic carbocycles. The zero-order valence-electron chi connectivity index (χ0n) is 17.5. The molecule has 162 valence electrons. The topological polar surface area (TPSA) is 135 Å². The van der Waals surface area contributed by atoms with Gasteiger partial charge in [-0.05, 0) is 35.9 Å². The summed E-state index contributed by atoms with van der Waals surface area (Å²) in [5, 5.41) is 17.9. The number of fused-ring (bicyclic) bond motifs is 1. The fourth-order valence-corrected chi connectivity index (χ4v) is 3.27. The number of carbonyl (C=O) groups is 1. The van der Waals surface area contributed by atoms with Crippen molar-refractivity contribution in [2.24, 2.45) is 5.10 Å². The van der Waals surface area contributed by atoms with Crippen LogP contribution >= 0.6 is 0 Å². The lowest BCUT2D eigenvalue weighted by Crippen LogP contribution is -2.28. The monoisotopic (exact) mass is 438 g/mol. The van der Waals surface area contributed by atoms with Crippen molar-refractivity contribution in [3.8, 4) is 17.5 Å². The van der Waals surface area contributed by atoms with Gasteiger partial charge in [-0.1, -0.05) is 36.4 Å².